The van der Waals surface area contributed by atoms with Gasteiger partial charge in [0.05, 0.1) is 15.9 Å². The SMILES string of the molecule is C.O=C(O)c1cc2c(s1)c(C1CCCCC1)c(-c1ccc(OCc3ccccc3)cc1)n2CCN1CCN(C2CCCCC2)CC1. The van der Waals surface area contributed by atoms with Gasteiger partial charge in [-0.3, -0.25) is 9.80 Å². The number of benzene rings is 2. The summed E-state index contributed by atoms with van der Waals surface area (Å²) in [4.78, 5) is 18.0. The van der Waals surface area contributed by atoms with Gasteiger partial charge in [0.2, 0.25) is 0 Å². The van der Waals surface area contributed by atoms with Crippen LogP contribution >= 0.6 is 11.3 Å². The molecule has 0 atom stereocenters. The van der Waals surface area contributed by atoms with Crippen LogP contribution in [0, 0.1) is 0 Å². The van der Waals surface area contributed by atoms with E-state index in [2.05, 4.69) is 50.8 Å². The largest absolute Gasteiger partial charge is 0.489 e. The zero-order chi connectivity index (χ0) is 30.6. The second-order valence-electron chi connectivity index (χ2n) is 13.3. The predicted molar refractivity (Wildman–Crippen MR) is 190 cm³/mol. The van der Waals surface area contributed by atoms with Crippen LogP contribution in [0.5, 0.6) is 5.75 Å². The molecule has 2 aromatic carbocycles. The van der Waals surface area contributed by atoms with E-state index in [0.29, 0.717) is 17.4 Å². The molecule has 4 aromatic rings. The molecule has 0 unspecified atom stereocenters. The van der Waals surface area contributed by atoms with Crippen LogP contribution in [0.4, 0.5) is 0 Å². The summed E-state index contributed by atoms with van der Waals surface area (Å²) in [6, 6.07) is 21.6. The highest BCUT2D eigenvalue weighted by molar-refractivity contribution is 7.21. The van der Waals surface area contributed by atoms with Gasteiger partial charge in [-0.25, -0.2) is 4.79 Å². The fraction of sp³-hybridized carbons (Fsp3) is 0.513. The van der Waals surface area contributed by atoms with Crippen LogP contribution in [0.3, 0.4) is 0 Å². The van der Waals surface area contributed by atoms with E-state index >= 15 is 0 Å². The number of fused-ring (bicyclic) bond motifs is 1. The Kier molecular flexibility index (Phi) is 10.8. The van der Waals surface area contributed by atoms with Gasteiger partial charge in [-0.15, -0.1) is 11.3 Å². The molecule has 246 valence electrons. The van der Waals surface area contributed by atoms with Crippen molar-refractivity contribution < 1.29 is 14.6 Å². The average molecular weight is 642 g/mol. The molecule has 6 nitrogen and oxygen atoms in total. The topological polar surface area (TPSA) is 57.9 Å². The third kappa shape index (κ3) is 7.22. The van der Waals surface area contributed by atoms with Crippen LogP contribution in [0.2, 0.25) is 0 Å². The van der Waals surface area contributed by atoms with Crippen molar-refractivity contribution in [1.29, 1.82) is 0 Å². The lowest BCUT2D eigenvalue weighted by Crippen LogP contribution is -2.51. The Bertz CT molecular complexity index is 1560. The maximum atomic E-state index is 12.2. The molecule has 0 radical (unpaired) electrons. The number of ether oxygens (including phenoxy) is 1. The number of piperazine rings is 1. The number of thiophene rings is 1. The van der Waals surface area contributed by atoms with E-state index in [1.807, 2.05) is 24.3 Å². The molecule has 1 saturated heterocycles. The Morgan fingerprint density at radius 3 is 2.17 bits per heavy atom. The van der Waals surface area contributed by atoms with Crippen molar-refractivity contribution in [1.82, 2.24) is 14.4 Å². The van der Waals surface area contributed by atoms with Gasteiger partial charge in [-0.2, -0.15) is 0 Å². The summed E-state index contributed by atoms with van der Waals surface area (Å²) in [5, 5.41) is 9.99. The number of carboxylic acids is 1. The van der Waals surface area contributed by atoms with Gasteiger partial charge >= 0.3 is 5.97 Å². The van der Waals surface area contributed by atoms with Crippen molar-refractivity contribution >= 4 is 27.5 Å². The van der Waals surface area contributed by atoms with Crippen molar-refractivity contribution in [2.75, 3.05) is 32.7 Å². The molecule has 3 aliphatic rings. The van der Waals surface area contributed by atoms with Crippen molar-refractivity contribution in [3.8, 4) is 17.0 Å². The lowest BCUT2D eigenvalue weighted by molar-refractivity contribution is 0.0702. The summed E-state index contributed by atoms with van der Waals surface area (Å²) < 4.78 is 9.79. The fourth-order valence-electron chi connectivity index (χ4n) is 8.06. The lowest BCUT2D eigenvalue weighted by Gasteiger charge is -2.40. The second kappa shape index (κ2) is 15.2. The Morgan fingerprint density at radius 1 is 0.826 bits per heavy atom. The molecule has 3 heterocycles. The minimum Gasteiger partial charge on any atom is -0.489 e. The molecule has 2 aromatic heterocycles. The van der Waals surface area contributed by atoms with E-state index in [4.69, 9.17) is 4.74 Å². The highest BCUT2D eigenvalue weighted by Gasteiger charge is 2.30. The molecule has 0 spiro atoms. The minimum absolute atomic E-state index is 0. The van der Waals surface area contributed by atoms with Crippen LogP contribution in [0.1, 0.15) is 98.4 Å². The van der Waals surface area contributed by atoms with E-state index in [1.165, 1.54) is 97.1 Å². The number of aromatic nitrogens is 1. The van der Waals surface area contributed by atoms with Gasteiger partial charge in [0.1, 0.15) is 17.2 Å². The van der Waals surface area contributed by atoms with Gasteiger partial charge < -0.3 is 14.4 Å². The zero-order valence-electron chi connectivity index (χ0n) is 26.5. The van der Waals surface area contributed by atoms with E-state index in [1.54, 1.807) is 0 Å². The molecule has 0 bridgehead atoms. The molecular formula is C39H51N3O3S. The summed E-state index contributed by atoms with van der Waals surface area (Å²) >= 11 is 1.48. The van der Waals surface area contributed by atoms with Crippen molar-refractivity contribution in [2.45, 2.75) is 96.7 Å². The molecule has 7 rings (SSSR count). The summed E-state index contributed by atoms with van der Waals surface area (Å²) in [5.41, 5.74) is 6.12. The molecule has 46 heavy (non-hydrogen) atoms. The highest BCUT2D eigenvalue weighted by atomic mass is 32.1. The fourth-order valence-corrected chi connectivity index (χ4v) is 9.18. The van der Waals surface area contributed by atoms with E-state index < -0.39 is 5.97 Å². The molecule has 1 N–H and O–H groups in total. The average Bonchev–Trinajstić information content (AvgIpc) is 3.66. The molecule has 2 saturated carbocycles. The Hall–Kier alpha value is -3.13. The normalized spacial score (nSPS) is 18.9. The molecule has 0 amide bonds. The van der Waals surface area contributed by atoms with Gasteiger partial charge in [-0.1, -0.05) is 76.3 Å². The number of carbonyl (C=O) groups is 1. The number of hydrogen-bond acceptors (Lipinski definition) is 5. The first-order valence-corrected chi connectivity index (χ1v) is 18.1. The quantitative estimate of drug-likeness (QED) is 0.187. The molecular weight excluding hydrogens is 591 g/mol. The molecule has 1 aliphatic heterocycles. The molecule has 3 fully saturated rings. The van der Waals surface area contributed by atoms with Gasteiger partial charge in [0.25, 0.3) is 0 Å². The summed E-state index contributed by atoms with van der Waals surface area (Å²) in [7, 11) is 0. The Morgan fingerprint density at radius 2 is 1.50 bits per heavy atom. The number of rotatable bonds is 10. The molecule has 2 aliphatic carbocycles. The third-order valence-corrected chi connectivity index (χ3v) is 11.7. The van der Waals surface area contributed by atoms with Crippen LogP contribution in [0.15, 0.2) is 60.7 Å². The standard InChI is InChI=1S/C38H47N3O3S.CH4/c42-38(43)34-26-33-37(45-34)35(29-12-6-2-7-13-29)36(30-16-18-32(19-17-30)44-27-28-10-4-1-5-11-28)41(33)25-22-39-20-23-40(24-21-39)31-14-8-3-9-15-31;/h1,4-5,10-11,16-19,26,29,31H,2-3,6-9,12-15,20-25,27H2,(H,42,43);1H4. The van der Waals surface area contributed by atoms with Crippen molar-refractivity contribution in [3.63, 3.8) is 0 Å². The van der Waals surface area contributed by atoms with Crippen molar-refractivity contribution in [2.24, 2.45) is 0 Å². The molecule has 7 heteroatoms. The van der Waals surface area contributed by atoms with E-state index in [-0.39, 0.29) is 7.43 Å². The van der Waals surface area contributed by atoms with E-state index in [0.717, 1.165) is 62.1 Å². The number of hydrogen-bond donors (Lipinski definition) is 1. The van der Waals surface area contributed by atoms with Gasteiger partial charge in [-0.05, 0) is 78.6 Å². The summed E-state index contributed by atoms with van der Waals surface area (Å²) in [6.07, 6.45) is 13.0. The summed E-state index contributed by atoms with van der Waals surface area (Å²) in [6.45, 7) is 6.95. The number of nitrogens with zero attached hydrogens (tertiary/aromatic N) is 3. The maximum Gasteiger partial charge on any atom is 0.345 e. The monoisotopic (exact) mass is 641 g/mol. The lowest BCUT2D eigenvalue weighted by atomic mass is 9.83. The maximum absolute atomic E-state index is 12.2. The van der Waals surface area contributed by atoms with E-state index in [9.17, 15) is 9.90 Å². The van der Waals surface area contributed by atoms with Crippen LogP contribution in [0.25, 0.3) is 21.5 Å². The van der Waals surface area contributed by atoms with Crippen molar-refractivity contribution in [3.05, 3.63) is 76.7 Å². The first-order valence-electron chi connectivity index (χ1n) is 17.3. The van der Waals surface area contributed by atoms with Gasteiger partial charge in [0.15, 0.2) is 0 Å². The smallest absolute Gasteiger partial charge is 0.345 e. The van der Waals surface area contributed by atoms with Crippen LogP contribution < -0.4 is 4.74 Å². The summed E-state index contributed by atoms with van der Waals surface area (Å²) in [5.74, 6) is 0.509. The third-order valence-electron chi connectivity index (χ3n) is 10.5. The number of carboxylic acid groups (broad SMARTS) is 1. The minimum atomic E-state index is -0.822. The zero-order valence-corrected chi connectivity index (χ0v) is 27.3. The Balaban J connectivity index is 0.00000372. The Labute approximate surface area is 279 Å². The van der Waals surface area contributed by atoms with Crippen LogP contribution in [-0.4, -0.2) is 64.2 Å². The number of aromatic carboxylic acids is 1. The first-order chi connectivity index (χ1) is 22.1. The second-order valence-corrected chi connectivity index (χ2v) is 14.4. The predicted octanol–water partition coefficient (Wildman–Crippen LogP) is 9.28. The first kappa shape index (κ1) is 32.8. The van der Waals surface area contributed by atoms with Crippen LogP contribution in [-0.2, 0) is 13.2 Å². The van der Waals surface area contributed by atoms with Gasteiger partial charge in [0, 0.05) is 45.3 Å². The highest BCUT2D eigenvalue weighted by Crippen LogP contribution is 2.47.